The standard InChI is InChI=1S/C12H12O2/c1-9(13)12(7-11(14)8-12)10-5-3-2-4-6-10/h2-6H,7-8H2,1H3. The molecule has 1 fully saturated rings. The van der Waals surface area contributed by atoms with Crippen molar-refractivity contribution in [1.29, 1.82) is 0 Å². The molecule has 2 rings (SSSR count). The van der Waals surface area contributed by atoms with Gasteiger partial charge in [0.25, 0.3) is 0 Å². The Morgan fingerprint density at radius 3 is 2.21 bits per heavy atom. The van der Waals surface area contributed by atoms with Gasteiger partial charge in [-0.05, 0) is 12.5 Å². The van der Waals surface area contributed by atoms with Crippen LogP contribution in [0.15, 0.2) is 30.3 Å². The first kappa shape index (κ1) is 9.13. The second kappa shape index (κ2) is 3.05. The third-order valence-corrected chi connectivity index (χ3v) is 3.00. The van der Waals surface area contributed by atoms with Crippen molar-refractivity contribution in [2.75, 3.05) is 0 Å². The van der Waals surface area contributed by atoms with E-state index in [9.17, 15) is 9.59 Å². The molecule has 2 heteroatoms. The Labute approximate surface area is 82.9 Å². The molecule has 14 heavy (non-hydrogen) atoms. The Morgan fingerprint density at radius 2 is 1.79 bits per heavy atom. The van der Waals surface area contributed by atoms with E-state index in [0.717, 1.165) is 5.56 Å². The number of ketones is 2. The summed E-state index contributed by atoms with van der Waals surface area (Å²) in [4.78, 5) is 22.6. The highest BCUT2D eigenvalue weighted by atomic mass is 16.1. The molecule has 1 saturated carbocycles. The summed E-state index contributed by atoms with van der Waals surface area (Å²) in [5.41, 5.74) is 0.477. The van der Waals surface area contributed by atoms with E-state index in [4.69, 9.17) is 0 Å². The van der Waals surface area contributed by atoms with Crippen LogP contribution < -0.4 is 0 Å². The highest BCUT2D eigenvalue weighted by Crippen LogP contribution is 2.41. The van der Waals surface area contributed by atoms with Gasteiger partial charge in [-0.15, -0.1) is 0 Å². The third-order valence-electron chi connectivity index (χ3n) is 3.00. The summed E-state index contributed by atoms with van der Waals surface area (Å²) in [5.74, 6) is 0.285. The fourth-order valence-electron chi connectivity index (χ4n) is 2.03. The molecular formula is C12H12O2. The molecule has 0 saturated heterocycles. The van der Waals surface area contributed by atoms with Crippen LogP contribution in [0.25, 0.3) is 0 Å². The first-order valence-corrected chi connectivity index (χ1v) is 4.73. The maximum Gasteiger partial charge on any atom is 0.141 e. The second-order valence-corrected chi connectivity index (χ2v) is 3.90. The second-order valence-electron chi connectivity index (χ2n) is 3.90. The molecule has 0 spiro atoms. The van der Waals surface area contributed by atoms with Gasteiger partial charge < -0.3 is 0 Å². The molecule has 0 amide bonds. The molecule has 1 aliphatic carbocycles. The van der Waals surface area contributed by atoms with Crippen LogP contribution in [0, 0.1) is 0 Å². The Balaban J connectivity index is 2.39. The molecular weight excluding hydrogens is 176 g/mol. The van der Waals surface area contributed by atoms with Gasteiger partial charge in [-0.25, -0.2) is 0 Å². The quantitative estimate of drug-likeness (QED) is 0.710. The van der Waals surface area contributed by atoms with Crippen molar-refractivity contribution in [2.24, 2.45) is 0 Å². The van der Waals surface area contributed by atoms with Crippen LogP contribution in [-0.4, -0.2) is 11.6 Å². The molecule has 1 aromatic carbocycles. The Kier molecular flexibility index (Phi) is 1.99. The molecule has 1 aromatic rings. The number of carbonyl (C=O) groups excluding carboxylic acids is 2. The van der Waals surface area contributed by atoms with Gasteiger partial charge in [-0.3, -0.25) is 9.59 Å². The van der Waals surface area contributed by atoms with Gasteiger partial charge in [0.15, 0.2) is 0 Å². The molecule has 72 valence electrons. The fraction of sp³-hybridized carbons (Fsp3) is 0.333. The Morgan fingerprint density at radius 1 is 1.21 bits per heavy atom. The van der Waals surface area contributed by atoms with Gasteiger partial charge in [-0.2, -0.15) is 0 Å². The number of carbonyl (C=O) groups is 2. The molecule has 0 heterocycles. The summed E-state index contributed by atoms with van der Waals surface area (Å²) in [6.07, 6.45) is 0.763. The fourth-order valence-corrected chi connectivity index (χ4v) is 2.03. The maximum atomic E-state index is 11.5. The van der Waals surface area contributed by atoms with Crippen molar-refractivity contribution < 1.29 is 9.59 Å². The van der Waals surface area contributed by atoms with Crippen LogP contribution >= 0.6 is 0 Å². The number of hydrogen-bond acceptors (Lipinski definition) is 2. The van der Waals surface area contributed by atoms with Crippen molar-refractivity contribution in [1.82, 2.24) is 0 Å². The number of benzene rings is 1. The summed E-state index contributed by atoms with van der Waals surface area (Å²) < 4.78 is 0. The summed E-state index contributed by atoms with van der Waals surface area (Å²) in [7, 11) is 0. The predicted molar refractivity (Wildman–Crippen MR) is 53.0 cm³/mol. The number of Topliss-reactive ketones (excluding diaryl/α,β-unsaturated/α-hetero) is 2. The summed E-state index contributed by atoms with van der Waals surface area (Å²) in [6, 6.07) is 9.57. The van der Waals surface area contributed by atoms with E-state index in [0.29, 0.717) is 12.8 Å². The molecule has 0 atom stereocenters. The number of rotatable bonds is 2. The molecule has 0 aliphatic heterocycles. The average molecular weight is 188 g/mol. The topological polar surface area (TPSA) is 34.1 Å². The van der Waals surface area contributed by atoms with Gasteiger partial charge in [-0.1, -0.05) is 30.3 Å². The zero-order valence-corrected chi connectivity index (χ0v) is 8.12. The lowest BCUT2D eigenvalue weighted by Crippen LogP contribution is -2.47. The zero-order chi connectivity index (χ0) is 10.2. The summed E-state index contributed by atoms with van der Waals surface area (Å²) >= 11 is 0. The predicted octanol–water partition coefficient (Wildman–Crippen LogP) is 1.88. The normalized spacial score (nSPS) is 18.8. The van der Waals surface area contributed by atoms with Crippen molar-refractivity contribution in [2.45, 2.75) is 25.2 Å². The average Bonchev–Trinajstić information content (AvgIpc) is 2.13. The molecule has 0 aromatic heterocycles. The largest absolute Gasteiger partial charge is 0.300 e. The van der Waals surface area contributed by atoms with Crippen LogP contribution in [0.3, 0.4) is 0 Å². The minimum atomic E-state index is -0.502. The lowest BCUT2D eigenvalue weighted by atomic mass is 9.61. The van der Waals surface area contributed by atoms with Crippen LogP contribution in [0.1, 0.15) is 25.3 Å². The Hall–Kier alpha value is -1.44. The lowest BCUT2D eigenvalue weighted by Gasteiger charge is -2.38. The SMILES string of the molecule is CC(=O)C1(c2ccccc2)CC(=O)C1. The van der Waals surface area contributed by atoms with E-state index < -0.39 is 5.41 Å². The first-order chi connectivity index (χ1) is 6.65. The highest BCUT2D eigenvalue weighted by Gasteiger charge is 2.48. The van der Waals surface area contributed by atoms with Crippen molar-refractivity contribution in [3.63, 3.8) is 0 Å². The van der Waals surface area contributed by atoms with Crippen molar-refractivity contribution in [3.8, 4) is 0 Å². The van der Waals surface area contributed by atoms with Gasteiger partial charge in [0.05, 0.1) is 5.41 Å². The van der Waals surface area contributed by atoms with Gasteiger partial charge >= 0.3 is 0 Å². The number of hydrogen-bond donors (Lipinski definition) is 0. The van der Waals surface area contributed by atoms with E-state index in [1.165, 1.54) is 0 Å². The van der Waals surface area contributed by atoms with E-state index in [2.05, 4.69) is 0 Å². The van der Waals surface area contributed by atoms with E-state index in [1.807, 2.05) is 30.3 Å². The molecule has 2 nitrogen and oxygen atoms in total. The maximum absolute atomic E-state index is 11.5. The van der Waals surface area contributed by atoms with Crippen molar-refractivity contribution in [3.05, 3.63) is 35.9 Å². The first-order valence-electron chi connectivity index (χ1n) is 4.73. The summed E-state index contributed by atoms with van der Waals surface area (Å²) in [5, 5.41) is 0. The van der Waals surface area contributed by atoms with Crippen LogP contribution in [-0.2, 0) is 15.0 Å². The molecule has 0 radical (unpaired) electrons. The van der Waals surface area contributed by atoms with E-state index >= 15 is 0 Å². The van der Waals surface area contributed by atoms with Gasteiger partial charge in [0.2, 0.25) is 0 Å². The van der Waals surface area contributed by atoms with E-state index in [-0.39, 0.29) is 11.6 Å². The van der Waals surface area contributed by atoms with Crippen LogP contribution in [0.4, 0.5) is 0 Å². The monoisotopic (exact) mass is 188 g/mol. The molecule has 1 aliphatic rings. The molecule has 0 N–H and O–H groups in total. The van der Waals surface area contributed by atoms with Crippen molar-refractivity contribution >= 4 is 11.6 Å². The highest BCUT2D eigenvalue weighted by molar-refractivity contribution is 6.04. The summed E-state index contributed by atoms with van der Waals surface area (Å²) in [6.45, 7) is 1.57. The lowest BCUT2D eigenvalue weighted by molar-refractivity contribution is -0.138. The van der Waals surface area contributed by atoms with Gasteiger partial charge in [0.1, 0.15) is 11.6 Å². The third kappa shape index (κ3) is 1.18. The smallest absolute Gasteiger partial charge is 0.141 e. The Bertz CT molecular complexity index is 371. The molecule has 0 unspecified atom stereocenters. The van der Waals surface area contributed by atoms with Gasteiger partial charge in [0, 0.05) is 12.8 Å². The van der Waals surface area contributed by atoms with E-state index in [1.54, 1.807) is 6.92 Å². The molecule has 0 bridgehead atoms. The zero-order valence-electron chi connectivity index (χ0n) is 8.12. The minimum absolute atomic E-state index is 0.100. The van der Waals surface area contributed by atoms with Crippen LogP contribution in [0.5, 0.6) is 0 Å². The minimum Gasteiger partial charge on any atom is -0.300 e. The van der Waals surface area contributed by atoms with Crippen LogP contribution in [0.2, 0.25) is 0 Å².